The van der Waals surface area contributed by atoms with Crippen LogP contribution in [0.3, 0.4) is 0 Å². The van der Waals surface area contributed by atoms with Gasteiger partial charge in [0.05, 0.1) is 25.3 Å². The van der Waals surface area contributed by atoms with Crippen molar-refractivity contribution in [2.75, 3.05) is 31.2 Å². The zero-order chi connectivity index (χ0) is 22.2. The number of hydrogen-bond acceptors (Lipinski definition) is 6. The molecular formula is C26H30N2O3S. The molecule has 2 heterocycles. The molecule has 4 rings (SSSR count). The molecule has 0 spiro atoms. The summed E-state index contributed by atoms with van der Waals surface area (Å²) < 4.78 is 11.0. The van der Waals surface area contributed by atoms with Crippen LogP contribution in [0.4, 0.5) is 5.13 Å². The lowest BCUT2D eigenvalue weighted by Gasteiger charge is -2.31. The molecule has 1 aliphatic rings. The topological polar surface area (TPSA) is 51.7 Å². The largest absolute Gasteiger partial charge is 0.494 e. The summed E-state index contributed by atoms with van der Waals surface area (Å²) in [7, 11) is 0. The van der Waals surface area contributed by atoms with Crippen LogP contribution in [0.5, 0.6) is 5.75 Å². The third kappa shape index (κ3) is 6.10. The fraction of sp³-hybridized carbons (Fsp3) is 0.385. The fourth-order valence-corrected chi connectivity index (χ4v) is 4.92. The van der Waals surface area contributed by atoms with Crippen molar-refractivity contribution in [1.29, 1.82) is 0 Å². The number of aromatic nitrogens is 1. The number of nitrogens with zero attached hydrogens (tertiary/aromatic N) is 2. The summed E-state index contributed by atoms with van der Waals surface area (Å²) >= 11 is 1.73. The van der Waals surface area contributed by atoms with Crippen molar-refractivity contribution >= 4 is 22.4 Å². The Kier molecular flexibility index (Phi) is 7.77. The third-order valence-electron chi connectivity index (χ3n) is 5.79. The lowest BCUT2D eigenvalue weighted by molar-refractivity contribution is -0.142. The maximum Gasteiger partial charge on any atom is 0.310 e. The summed E-state index contributed by atoms with van der Waals surface area (Å²) in [6.07, 6.45) is 3.65. The van der Waals surface area contributed by atoms with Gasteiger partial charge in [-0.3, -0.25) is 4.79 Å². The quantitative estimate of drug-likeness (QED) is 0.397. The van der Waals surface area contributed by atoms with E-state index in [1.165, 1.54) is 5.56 Å². The normalized spacial score (nSPS) is 14.3. The lowest BCUT2D eigenvalue weighted by Crippen LogP contribution is -2.34. The third-order valence-corrected chi connectivity index (χ3v) is 6.70. The van der Waals surface area contributed by atoms with Crippen LogP contribution in [-0.2, 0) is 16.0 Å². The average molecular weight is 451 g/mol. The predicted molar refractivity (Wildman–Crippen MR) is 129 cm³/mol. The standard InChI is InChI=1S/C26H30N2O3S/c1-2-30-25(29)18-21-7-6-10-23(17-21)31-16-13-20-11-14-28(15-12-20)26-27-24(19-32-26)22-8-4-3-5-9-22/h3-10,17,19-20H,2,11-16,18H2,1H3. The van der Waals surface area contributed by atoms with Gasteiger partial charge >= 0.3 is 5.97 Å². The van der Waals surface area contributed by atoms with Crippen LogP contribution in [0.2, 0.25) is 0 Å². The molecule has 5 nitrogen and oxygen atoms in total. The molecule has 1 aromatic heterocycles. The molecule has 0 amide bonds. The van der Waals surface area contributed by atoms with Crippen molar-refractivity contribution in [1.82, 2.24) is 4.98 Å². The van der Waals surface area contributed by atoms with E-state index in [-0.39, 0.29) is 12.4 Å². The van der Waals surface area contributed by atoms with E-state index in [2.05, 4.69) is 34.5 Å². The van der Waals surface area contributed by atoms with Gasteiger partial charge in [0.1, 0.15) is 5.75 Å². The van der Waals surface area contributed by atoms with Crippen LogP contribution in [0.15, 0.2) is 60.0 Å². The first kappa shape index (κ1) is 22.3. The maximum absolute atomic E-state index is 11.7. The summed E-state index contributed by atoms with van der Waals surface area (Å²) in [5.74, 6) is 1.29. The Labute approximate surface area is 194 Å². The van der Waals surface area contributed by atoms with E-state index in [1.807, 2.05) is 37.3 Å². The number of anilines is 1. The second-order valence-electron chi connectivity index (χ2n) is 8.08. The Balaban J connectivity index is 1.21. The number of benzene rings is 2. The number of rotatable bonds is 9. The van der Waals surface area contributed by atoms with Gasteiger partial charge in [0.2, 0.25) is 0 Å². The fourth-order valence-electron chi connectivity index (χ4n) is 4.03. The van der Waals surface area contributed by atoms with E-state index in [1.54, 1.807) is 11.3 Å². The molecule has 0 bridgehead atoms. The first-order valence-corrected chi connectivity index (χ1v) is 12.2. The highest BCUT2D eigenvalue weighted by atomic mass is 32.1. The van der Waals surface area contributed by atoms with Crippen molar-refractivity contribution in [3.05, 3.63) is 65.5 Å². The van der Waals surface area contributed by atoms with Crippen molar-refractivity contribution in [2.24, 2.45) is 5.92 Å². The monoisotopic (exact) mass is 450 g/mol. The molecule has 3 aromatic rings. The summed E-state index contributed by atoms with van der Waals surface area (Å²) in [4.78, 5) is 18.9. The molecule has 1 saturated heterocycles. The van der Waals surface area contributed by atoms with Gasteiger partial charge < -0.3 is 14.4 Å². The van der Waals surface area contributed by atoms with Crippen LogP contribution in [0.1, 0.15) is 31.7 Å². The molecule has 0 N–H and O–H groups in total. The second kappa shape index (κ2) is 11.1. The molecular weight excluding hydrogens is 420 g/mol. The predicted octanol–water partition coefficient (Wildman–Crippen LogP) is 5.60. The molecule has 0 unspecified atom stereocenters. The number of ether oxygens (including phenoxy) is 2. The molecule has 0 radical (unpaired) electrons. The van der Waals surface area contributed by atoms with Crippen LogP contribution in [0, 0.1) is 5.92 Å². The van der Waals surface area contributed by atoms with E-state index in [0.29, 0.717) is 19.1 Å². The Bertz CT molecular complexity index is 997. The van der Waals surface area contributed by atoms with Crippen molar-refractivity contribution in [3.8, 4) is 17.0 Å². The molecule has 2 aromatic carbocycles. The number of thiazole rings is 1. The Hall–Kier alpha value is -2.86. The van der Waals surface area contributed by atoms with Gasteiger partial charge in [-0.05, 0) is 49.8 Å². The van der Waals surface area contributed by atoms with E-state index >= 15 is 0 Å². The SMILES string of the molecule is CCOC(=O)Cc1cccc(OCCC2CCN(c3nc(-c4ccccc4)cs3)CC2)c1. The summed E-state index contributed by atoms with van der Waals surface area (Å²) in [5.41, 5.74) is 3.16. The van der Waals surface area contributed by atoms with Crippen molar-refractivity contribution in [3.63, 3.8) is 0 Å². The summed E-state index contributed by atoms with van der Waals surface area (Å²) in [6, 6.07) is 18.1. The van der Waals surface area contributed by atoms with Crippen molar-refractivity contribution in [2.45, 2.75) is 32.6 Å². The zero-order valence-corrected chi connectivity index (χ0v) is 19.4. The minimum absolute atomic E-state index is 0.201. The minimum Gasteiger partial charge on any atom is -0.494 e. The highest BCUT2D eigenvalue weighted by molar-refractivity contribution is 7.14. The van der Waals surface area contributed by atoms with Crippen LogP contribution >= 0.6 is 11.3 Å². The summed E-state index contributed by atoms with van der Waals surface area (Å²) in [6.45, 7) is 5.01. The molecule has 1 aliphatic heterocycles. The number of hydrogen-bond donors (Lipinski definition) is 0. The Morgan fingerprint density at radius 2 is 1.94 bits per heavy atom. The van der Waals surface area contributed by atoms with E-state index < -0.39 is 0 Å². The smallest absolute Gasteiger partial charge is 0.310 e. The minimum atomic E-state index is -0.201. The zero-order valence-electron chi connectivity index (χ0n) is 18.5. The van der Waals surface area contributed by atoms with Crippen LogP contribution in [0.25, 0.3) is 11.3 Å². The summed E-state index contributed by atoms with van der Waals surface area (Å²) in [5, 5.41) is 3.28. The number of esters is 1. The van der Waals surface area contributed by atoms with E-state index in [4.69, 9.17) is 14.5 Å². The van der Waals surface area contributed by atoms with Gasteiger partial charge in [-0.2, -0.15) is 0 Å². The number of piperidine rings is 1. The van der Waals surface area contributed by atoms with Gasteiger partial charge in [-0.25, -0.2) is 4.98 Å². The molecule has 0 atom stereocenters. The highest BCUT2D eigenvalue weighted by Crippen LogP contribution is 2.31. The van der Waals surface area contributed by atoms with Gasteiger partial charge in [-0.1, -0.05) is 42.5 Å². The van der Waals surface area contributed by atoms with Crippen LogP contribution < -0.4 is 9.64 Å². The van der Waals surface area contributed by atoms with Gasteiger partial charge in [0.25, 0.3) is 0 Å². The molecule has 0 aliphatic carbocycles. The first-order chi connectivity index (χ1) is 15.7. The Morgan fingerprint density at radius 1 is 1.12 bits per heavy atom. The maximum atomic E-state index is 11.7. The van der Waals surface area contributed by atoms with Crippen LogP contribution in [-0.4, -0.2) is 37.3 Å². The molecule has 32 heavy (non-hydrogen) atoms. The van der Waals surface area contributed by atoms with Gasteiger partial charge in [0, 0.05) is 24.0 Å². The molecule has 0 saturated carbocycles. The lowest BCUT2D eigenvalue weighted by atomic mass is 9.94. The van der Waals surface area contributed by atoms with Gasteiger partial charge in [0.15, 0.2) is 5.13 Å². The van der Waals surface area contributed by atoms with E-state index in [9.17, 15) is 4.79 Å². The average Bonchev–Trinajstić information content (AvgIpc) is 3.31. The number of carbonyl (C=O) groups excluding carboxylic acids is 1. The van der Waals surface area contributed by atoms with Gasteiger partial charge in [-0.15, -0.1) is 11.3 Å². The highest BCUT2D eigenvalue weighted by Gasteiger charge is 2.21. The first-order valence-electron chi connectivity index (χ1n) is 11.3. The molecule has 168 valence electrons. The Morgan fingerprint density at radius 3 is 2.72 bits per heavy atom. The van der Waals surface area contributed by atoms with Crippen molar-refractivity contribution < 1.29 is 14.3 Å². The number of carbonyl (C=O) groups is 1. The second-order valence-corrected chi connectivity index (χ2v) is 8.91. The molecule has 1 fully saturated rings. The van der Waals surface area contributed by atoms with E-state index in [0.717, 1.165) is 54.5 Å². The molecule has 6 heteroatoms.